The number of anilines is 1. The molecule has 0 spiro atoms. The van der Waals surface area contributed by atoms with Gasteiger partial charge >= 0.3 is 12.0 Å². The molecular formula is C20H24BrN3O6. The lowest BCUT2D eigenvalue weighted by Crippen LogP contribution is -2.52. The zero-order chi connectivity index (χ0) is 21.8. The highest BCUT2D eigenvalue weighted by Gasteiger charge is 2.39. The summed E-state index contributed by atoms with van der Waals surface area (Å²) in [5, 5.41) is 25.8. The highest BCUT2D eigenvalue weighted by atomic mass is 79.9. The second kappa shape index (κ2) is 9.59. The number of nitrogens with zero attached hydrogens (tertiary/aromatic N) is 1. The molecule has 4 unspecified atom stereocenters. The van der Waals surface area contributed by atoms with E-state index < -0.39 is 42.2 Å². The number of aliphatic hydroxyl groups excluding tert-OH is 2. The fourth-order valence-electron chi connectivity index (χ4n) is 3.70. The maximum absolute atomic E-state index is 13.0. The number of carbonyl (C=O) groups is 3. The van der Waals surface area contributed by atoms with Gasteiger partial charge < -0.3 is 30.5 Å². The SMILES string of the molecule is COC(=O)C1CCCN1C(=O)C1=CC(NC(=O)Nc2ccccc2Br)C(O)C(O)C1. The van der Waals surface area contributed by atoms with Crippen LogP contribution in [-0.4, -0.2) is 71.0 Å². The van der Waals surface area contributed by atoms with E-state index in [2.05, 4.69) is 26.6 Å². The molecule has 9 nitrogen and oxygen atoms in total. The van der Waals surface area contributed by atoms with Gasteiger partial charge in [0.25, 0.3) is 0 Å². The van der Waals surface area contributed by atoms with Crippen LogP contribution in [0.2, 0.25) is 0 Å². The van der Waals surface area contributed by atoms with Crippen LogP contribution >= 0.6 is 15.9 Å². The van der Waals surface area contributed by atoms with Crippen LogP contribution in [0.1, 0.15) is 19.3 Å². The first kappa shape index (κ1) is 22.3. The zero-order valence-electron chi connectivity index (χ0n) is 16.4. The van der Waals surface area contributed by atoms with Crippen molar-refractivity contribution in [2.75, 3.05) is 19.0 Å². The monoisotopic (exact) mass is 481 g/mol. The van der Waals surface area contributed by atoms with Crippen molar-refractivity contribution in [3.8, 4) is 0 Å². The summed E-state index contributed by atoms with van der Waals surface area (Å²) in [7, 11) is 1.27. The van der Waals surface area contributed by atoms with Crippen LogP contribution in [-0.2, 0) is 14.3 Å². The number of carbonyl (C=O) groups excluding carboxylic acids is 3. The number of esters is 1. The van der Waals surface area contributed by atoms with Gasteiger partial charge in [0.15, 0.2) is 0 Å². The Morgan fingerprint density at radius 3 is 2.67 bits per heavy atom. The number of hydrogen-bond donors (Lipinski definition) is 4. The van der Waals surface area contributed by atoms with Crippen molar-refractivity contribution in [3.63, 3.8) is 0 Å². The molecule has 2 aliphatic rings. The molecule has 1 saturated heterocycles. The number of amides is 3. The van der Waals surface area contributed by atoms with E-state index in [4.69, 9.17) is 4.74 Å². The summed E-state index contributed by atoms with van der Waals surface area (Å²) < 4.78 is 5.45. The first-order valence-electron chi connectivity index (χ1n) is 9.59. The number of hydrogen-bond acceptors (Lipinski definition) is 6. The van der Waals surface area contributed by atoms with Crippen LogP contribution in [0, 0.1) is 0 Å². The van der Waals surface area contributed by atoms with Gasteiger partial charge in [-0.05, 0) is 40.9 Å². The van der Waals surface area contributed by atoms with Crippen molar-refractivity contribution in [2.24, 2.45) is 0 Å². The highest BCUT2D eigenvalue weighted by molar-refractivity contribution is 9.10. The Morgan fingerprint density at radius 2 is 1.97 bits per heavy atom. The average molecular weight is 482 g/mol. The number of benzene rings is 1. The number of ether oxygens (including phenoxy) is 1. The third kappa shape index (κ3) is 4.82. The second-order valence-electron chi connectivity index (χ2n) is 7.24. The van der Waals surface area contributed by atoms with E-state index in [1.807, 2.05) is 0 Å². The Balaban J connectivity index is 1.73. The smallest absolute Gasteiger partial charge is 0.328 e. The lowest BCUT2D eigenvalue weighted by Gasteiger charge is -2.33. The Hall–Kier alpha value is -2.43. The molecule has 0 saturated carbocycles. The Labute approximate surface area is 182 Å². The summed E-state index contributed by atoms with van der Waals surface area (Å²) in [4.78, 5) is 38.7. The molecule has 10 heteroatoms. The molecule has 1 aliphatic heterocycles. The summed E-state index contributed by atoms with van der Waals surface area (Å²) in [6, 6.07) is 4.77. The summed E-state index contributed by atoms with van der Waals surface area (Å²) in [5.41, 5.74) is 0.758. The first-order valence-corrected chi connectivity index (χ1v) is 10.4. The van der Waals surface area contributed by atoms with Crippen molar-refractivity contribution in [2.45, 2.75) is 43.6 Å². The number of rotatable bonds is 4. The largest absolute Gasteiger partial charge is 0.467 e. The van der Waals surface area contributed by atoms with E-state index in [1.54, 1.807) is 24.3 Å². The maximum Gasteiger partial charge on any atom is 0.328 e. The van der Waals surface area contributed by atoms with Crippen molar-refractivity contribution in [3.05, 3.63) is 40.4 Å². The van der Waals surface area contributed by atoms with Crippen LogP contribution in [0.25, 0.3) is 0 Å². The van der Waals surface area contributed by atoms with Crippen molar-refractivity contribution in [1.82, 2.24) is 10.2 Å². The fourth-order valence-corrected chi connectivity index (χ4v) is 4.09. The molecule has 4 N–H and O–H groups in total. The average Bonchev–Trinajstić information content (AvgIpc) is 3.21. The summed E-state index contributed by atoms with van der Waals surface area (Å²) >= 11 is 3.33. The predicted octanol–water partition coefficient (Wildman–Crippen LogP) is 1.16. The number of halogens is 1. The normalized spacial score (nSPS) is 26.0. The van der Waals surface area contributed by atoms with E-state index in [1.165, 1.54) is 18.1 Å². The van der Waals surface area contributed by atoms with Crippen LogP contribution in [0.4, 0.5) is 10.5 Å². The molecule has 1 fully saturated rings. The minimum atomic E-state index is -1.28. The number of methoxy groups -OCH3 is 1. The number of urea groups is 1. The Morgan fingerprint density at radius 1 is 1.23 bits per heavy atom. The summed E-state index contributed by atoms with van der Waals surface area (Å²) in [5.74, 6) is -0.896. The van der Waals surface area contributed by atoms with Gasteiger partial charge in [-0.2, -0.15) is 0 Å². The predicted molar refractivity (Wildman–Crippen MR) is 112 cm³/mol. The van der Waals surface area contributed by atoms with Gasteiger partial charge in [-0.15, -0.1) is 0 Å². The molecule has 3 amide bonds. The molecule has 1 aromatic carbocycles. The van der Waals surface area contributed by atoms with Gasteiger partial charge in [-0.3, -0.25) is 4.79 Å². The first-order chi connectivity index (χ1) is 14.3. The van der Waals surface area contributed by atoms with Crippen molar-refractivity contribution >= 4 is 39.5 Å². The standard InChI is InChI=1S/C20H24BrN3O6/c1-30-19(28)15-7-4-8-24(15)18(27)11-9-14(17(26)16(25)10-11)23-20(29)22-13-6-3-2-5-12(13)21/h2-3,5-6,9,14-17,25-26H,4,7-8,10H2,1H3,(H2,22,23,29). The van der Waals surface area contributed by atoms with Gasteiger partial charge in [0.05, 0.1) is 24.9 Å². The van der Waals surface area contributed by atoms with Gasteiger partial charge in [-0.1, -0.05) is 18.2 Å². The fraction of sp³-hybridized carbons (Fsp3) is 0.450. The van der Waals surface area contributed by atoms with Gasteiger partial charge in [0.1, 0.15) is 12.1 Å². The Bertz CT molecular complexity index is 861. The van der Waals surface area contributed by atoms with Gasteiger partial charge in [-0.25, -0.2) is 9.59 Å². The molecule has 0 aromatic heterocycles. The topological polar surface area (TPSA) is 128 Å². The summed E-state index contributed by atoms with van der Waals surface area (Å²) in [6.07, 6.45) is 0.0243. The molecule has 1 heterocycles. The van der Waals surface area contributed by atoms with Crippen LogP contribution in [0.5, 0.6) is 0 Å². The van der Waals surface area contributed by atoms with Crippen LogP contribution in [0.15, 0.2) is 40.4 Å². The minimum Gasteiger partial charge on any atom is -0.467 e. The molecule has 162 valence electrons. The summed E-state index contributed by atoms with van der Waals surface area (Å²) in [6.45, 7) is 0.398. The number of nitrogens with one attached hydrogen (secondary N) is 2. The highest BCUT2D eigenvalue weighted by Crippen LogP contribution is 2.27. The maximum atomic E-state index is 13.0. The molecule has 30 heavy (non-hydrogen) atoms. The molecule has 3 rings (SSSR count). The van der Waals surface area contributed by atoms with E-state index in [0.717, 1.165) is 0 Å². The van der Waals surface area contributed by atoms with Crippen molar-refractivity contribution < 1.29 is 29.3 Å². The molecular weight excluding hydrogens is 458 g/mol. The number of aliphatic hydroxyl groups is 2. The van der Waals surface area contributed by atoms with E-state index in [0.29, 0.717) is 29.5 Å². The lowest BCUT2D eigenvalue weighted by atomic mass is 9.89. The minimum absolute atomic E-state index is 0.0750. The van der Waals surface area contributed by atoms with E-state index >= 15 is 0 Å². The third-order valence-corrected chi connectivity index (χ3v) is 5.94. The van der Waals surface area contributed by atoms with E-state index in [9.17, 15) is 24.6 Å². The number of likely N-dealkylation sites (tertiary alicyclic amines) is 1. The van der Waals surface area contributed by atoms with E-state index in [-0.39, 0.29) is 12.0 Å². The second-order valence-corrected chi connectivity index (χ2v) is 8.09. The molecule has 1 aliphatic carbocycles. The van der Waals surface area contributed by atoms with Crippen LogP contribution in [0.3, 0.4) is 0 Å². The zero-order valence-corrected chi connectivity index (χ0v) is 18.0. The van der Waals surface area contributed by atoms with Gasteiger partial charge in [0, 0.05) is 23.0 Å². The molecule has 0 radical (unpaired) electrons. The van der Waals surface area contributed by atoms with Crippen LogP contribution < -0.4 is 10.6 Å². The molecule has 0 bridgehead atoms. The van der Waals surface area contributed by atoms with Crippen molar-refractivity contribution in [1.29, 1.82) is 0 Å². The number of para-hydroxylation sites is 1. The van der Waals surface area contributed by atoms with Gasteiger partial charge in [0.2, 0.25) is 5.91 Å². The quantitative estimate of drug-likeness (QED) is 0.477. The Kier molecular flexibility index (Phi) is 7.11. The third-order valence-electron chi connectivity index (χ3n) is 5.25. The molecule has 4 atom stereocenters. The lowest BCUT2D eigenvalue weighted by molar-refractivity contribution is -0.150. The molecule has 1 aromatic rings.